The lowest BCUT2D eigenvalue weighted by Gasteiger charge is -2.39. The van der Waals surface area contributed by atoms with Crippen molar-refractivity contribution in [2.75, 3.05) is 4.90 Å². The number of hydrogen-bond acceptors (Lipinski definition) is 1. The molecule has 0 saturated carbocycles. The Morgan fingerprint density at radius 1 is 0.772 bits per heavy atom. The molecule has 1 spiro atoms. The van der Waals surface area contributed by atoms with E-state index in [0.717, 1.165) is 42.6 Å². The summed E-state index contributed by atoms with van der Waals surface area (Å²) in [6.45, 7) is 18.9. The van der Waals surface area contributed by atoms with E-state index in [1.54, 1.807) is 0 Å². The highest BCUT2D eigenvalue weighted by Crippen LogP contribution is 2.50. The molecule has 0 radical (unpaired) electrons. The maximum atomic E-state index is 4.85. The van der Waals surface area contributed by atoms with Crippen molar-refractivity contribution in [1.29, 1.82) is 0 Å². The molecule has 3 aliphatic rings. The molecule has 0 aromatic heterocycles. The third-order valence-electron chi connectivity index (χ3n) is 13.0. The Bertz CT molecular complexity index is 2290. The first-order valence-electron chi connectivity index (χ1n) is 21.3. The smallest absolute Gasteiger partial charge is 0.0542 e. The number of benzene rings is 4. The van der Waals surface area contributed by atoms with Crippen LogP contribution in [0.2, 0.25) is 0 Å². The van der Waals surface area contributed by atoms with Crippen molar-refractivity contribution in [2.45, 2.75) is 96.8 Å². The minimum absolute atomic E-state index is 0.0760. The summed E-state index contributed by atoms with van der Waals surface area (Å²) in [5, 5.41) is 0. The monoisotopic (exact) mass is 747 g/mol. The highest BCUT2D eigenvalue weighted by molar-refractivity contribution is 5.89. The molecule has 0 amide bonds. The number of fused-ring (bicyclic) bond motifs is 5. The van der Waals surface area contributed by atoms with Crippen molar-refractivity contribution < 1.29 is 0 Å². The third-order valence-corrected chi connectivity index (χ3v) is 13.0. The molecule has 0 aliphatic heterocycles. The maximum absolute atomic E-state index is 4.85. The highest BCUT2D eigenvalue weighted by atomic mass is 15.1. The lowest BCUT2D eigenvalue weighted by atomic mass is 9.65. The van der Waals surface area contributed by atoms with Crippen LogP contribution in [0.5, 0.6) is 0 Å². The van der Waals surface area contributed by atoms with Gasteiger partial charge < -0.3 is 4.90 Å². The molecule has 3 unspecified atom stereocenters. The molecule has 57 heavy (non-hydrogen) atoms. The summed E-state index contributed by atoms with van der Waals surface area (Å²) in [4.78, 5) is 2.52. The Morgan fingerprint density at radius 2 is 1.47 bits per heavy atom. The van der Waals surface area contributed by atoms with Gasteiger partial charge in [-0.3, -0.25) is 0 Å². The van der Waals surface area contributed by atoms with Crippen LogP contribution in [0.25, 0.3) is 11.1 Å². The molecule has 7 rings (SSSR count). The predicted molar refractivity (Wildman–Crippen MR) is 248 cm³/mol. The SMILES string of the molecule is C=C1/C=C\C=C/CC2(C/C=C\C=C/C(C)c3ccccc32)c2cccc(N(C3=CC(C)C(C)(C)c4ccccc4CC=C3)c3ccc(/C(C)=C/CCCC)cc3)c21. The molecule has 0 fully saturated rings. The fourth-order valence-electron chi connectivity index (χ4n) is 9.24. The van der Waals surface area contributed by atoms with Crippen LogP contribution in [0.1, 0.15) is 119 Å². The standard InChI is InChI=1S/C56H61N/c1-8-9-12-23-41(2)45-34-36-47(37-35-45)57(48-28-21-27-46-26-15-17-30-50(46)55(6,7)44(5)40-48)53-33-22-32-52-54(53)43(4)25-14-11-20-39-56(52)38-19-10-13-24-42(3)49-29-16-18-31-51(49)56/h10-11,13-26,28-37,40,42,44H,4,8-9,12,27,38-39H2,1-3,5-7H3/b19-10-,20-11-,24-13-,25-14-,28-21?,41-23+,48-40?. The summed E-state index contributed by atoms with van der Waals surface area (Å²) >= 11 is 0. The average molecular weight is 748 g/mol. The van der Waals surface area contributed by atoms with E-state index in [-0.39, 0.29) is 22.7 Å². The molecule has 1 nitrogen and oxygen atoms in total. The Kier molecular flexibility index (Phi) is 12.2. The van der Waals surface area contributed by atoms with Gasteiger partial charge in [0, 0.05) is 22.4 Å². The molecule has 1 heteroatoms. The van der Waals surface area contributed by atoms with E-state index >= 15 is 0 Å². The maximum Gasteiger partial charge on any atom is 0.0542 e. The Balaban J connectivity index is 1.50. The van der Waals surface area contributed by atoms with Gasteiger partial charge >= 0.3 is 0 Å². The summed E-state index contributed by atoms with van der Waals surface area (Å²) in [5.41, 5.74) is 14.8. The molecule has 4 aromatic rings. The first kappa shape index (κ1) is 39.8. The van der Waals surface area contributed by atoms with Gasteiger partial charge in [-0.15, -0.1) is 0 Å². The number of nitrogens with zero attached hydrogens (tertiary/aromatic N) is 1. The Labute approximate surface area is 344 Å². The summed E-state index contributed by atoms with van der Waals surface area (Å²) in [6.07, 6.45) is 34.0. The van der Waals surface area contributed by atoms with E-state index in [1.165, 1.54) is 63.1 Å². The molecule has 290 valence electrons. The first-order valence-corrected chi connectivity index (χ1v) is 21.3. The van der Waals surface area contributed by atoms with Gasteiger partial charge in [0.05, 0.1) is 5.69 Å². The van der Waals surface area contributed by atoms with Gasteiger partial charge in [0.25, 0.3) is 0 Å². The zero-order chi connectivity index (χ0) is 40.0. The van der Waals surface area contributed by atoms with Gasteiger partial charge in [-0.25, -0.2) is 0 Å². The minimum atomic E-state index is -0.320. The molecular formula is C56H61N. The topological polar surface area (TPSA) is 3.24 Å². The lowest BCUT2D eigenvalue weighted by Crippen LogP contribution is -2.31. The highest BCUT2D eigenvalue weighted by Gasteiger charge is 2.39. The summed E-state index contributed by atoms with van der Waals surface area (Å²) in [6, 6.07) is 34.5. The molecule has 0 bridgehead atoms. The minimum Gasteiger partial charge on any atom is -0.310 e. The first-order chi connectivity index (χ1) is 27.7. The van der Waals surface area contributed by atoms with Crippen LogP contribution < -0.4 is 4.90 Å². The van der Waals surface area contributed by atoms with Crippen molar-refractivity contribution in [2.24, 2.45) is 5.92 Å². The largest absolute Gasteiger partial charge is 0.310 e. The quantitative estimate of drug-likeness (QED) is 0.170. The van der Waals surface area contributed by atoms with Crippen LogP contribution in [-0.4, -0.2) is 0 Å². The van der Waals surface area contributed by atoms with Gasteiger partial charge in [0.2, 0.25) is 0 Å². The fourth-order valence-corrected chi connectivity index (χ4v) is 9.24. The van der Waals surface area contributed by atoms with Crippen LogP contribution in [0.15, 0.2) is 176 Å². The van der Waals surface area contributed by atoms with Crippen molar-refractivity contribution in [3.63, 3.8) is 0 Å². The van der Waals surface area contributed by atoms with E-state index in [1.807, 2.05) is 0 Å². The van der Waals surface area contributed by atoms with Crippen LogP contribution in [0.3, 0.4) is 0 Å². The van der Waals surface area contributed by atoms with E-state index in [9.17, 15) is 0 Å². The zero-order valence-corrected chi connectivity index (χ0v) is 35.1. The van der Waals surface area contributed by atoms with Crippen LogP contribution >= 0.6 is 0 Å². The van der Waals surface area contributed by atoms with E-state index < -0.39 is 0 Å². The van der Waals surface area contributed by atoms with E-state index in [2.05, 4.69) is 210 Å². The van der Waals surface area contributed by atoms with Gasteiger partial charge in [0.1, 0.15) is 0 Å². The summed E-state index contributed by atoms with van der Waals surface area (Å²) in [7, 11) is 0. The molecule has 0 saturated heterocycles. The average Bonchev–Trinajstić information content (AvgIpc) is 3.36. The second-order valence-electron chi connectivity index (χ2n) is 17.0. The van der Waals surface area contributed by atoms with Crippen molar-refractivity contribution in [3.05, 3.63) is 215 Å². The molecule has 3 aliphatic carbocycles. The van der Waals surface area contributed by atoms with E-state index in [4.69, 9.17) is 6.58 Å². The summed E-state index contributed by atoms with van der Waals surface area (Å²) in [5.74, 6) is 0.526. The number of hydrogen-bond donors (Lipinski definition) is 0. The van der Waals surface area contributed by atoms with E-state index in [0.29, 0.717) is 0 Å². The second kappa shape index (κ2) is 17.4. The summed E-state index contributed by atoms with van der Waals surface area (Å²) < 4.78 is 0. The number of unbranched alkanes of at least 4 members (excludes halogenated alkanes) is 2. The molecule has 0 heterocycles. The molecule has 3 atom stereocenters. The third kappa shape index (κ3) is 8.08. The van der Waals surface area contributed by atoms with Crippen molar-refractivity contribution in [3.8, 4) is 0 Å². The van der Waals surface area contributed by atoms with Crippen molar-refractivity contribution >= 4 is 22.5 Å². The Hall–Kier alpha value is -5.40. The molecular weight excluding hydrogens is 687 g/mol. The zero-order valence-electron chi connectivity index (χ0n) is 35.1. The van der Waals surface area contributed by atoms with Gasteiger partial charge in [-0.2, -0.15) is 0 Å². The number of anilines is 2. The van der Waals surface area contributed by atoms with Gasteiger partial charge in [0.15, 0.2) is 0 Å². The second-order valence-corrected chi connectivity index (χ2v) is 17.0. The molecule has 4 aromatic carbocycles. The van der Waals surface area contributed by atoms with Gasteiger partial charge in [-0.1, -0.05) is 194 Å². The van der Waals surface area contributed by atoms with Crippen LogP contribution in [-0.2, 0) is 17.3 Å². The number of rotatable bonds is 7. The van der Waals surface area contributed by atoms with Gasteiger partial charge in [-0.05, 0) is 119 Å². The predicted octanol–water partition coefficient (Wildman–Crippen LogP) is 15.5. The lowest BCUT2D eigenvalue weighted by molar-refractivity contribution is 0.405. The number of allylic oxidation sites excluding steroid dienone is 14. The van der Waals surface area contributed by atoms with Crippen LogP contribution in [0.4, 0.5) is 11.4 Å². The van der Waals surface area contributed by atoms with Crippen molar-refractivity contribution in [1.82, 2.24) is 0 Å². The fraction of sp³-hybridized carbons (Fsp3) is 0.286. The normalized spacial score (nSPS) is 23.9. The molecule has 0 N–H and O–H groups in total. The van der Waals surface area contributed by atoms with Crippen LogP contribution in [0, 0.1) is 5.92 Å². The Morgan fingerprint density at radius 3 is 2.25 bits per heavy atom.